The zero-order valence-electron chi connectivity index (χ0n) is 11.4. The lowest BCUT2D eigenvalue weighted by Gasteiger charge is -2.14. The zero-order chi connectivity index (χ0) is 14.6. The minimum atomic E-state index is -1.07. The van der Waals surface area contributed by atoms with E-state index >= 15 is 0 Å². The van der Waals surface area contributed by atoms with Crippen molar-refractivity contribution in [3.63, 3.8) is 0 Å². The van der Waals surface area contributed by atoms with Crippen LogP contribution in [0.15, 0.2) is 0 Å². The van der Waals surface area contributed by atoms with Gasteiger partial charge in [0.05, 0.1) is 18.0 Å². The Morgan fingerprint density at radius 1 is 1.32 bits per heavy atom. The number of nitrogens with zero attached hydrogens (tertiary/aromatic N) is 2. The van der Waals surface area contributed by atoms with Gasteiger partial charge in [0.25, 0.3) is 0 Å². The van der Waals surface area contributed by atoms with E-state index in [1.54, 1.807) is 27.7 Å². The van der Waals surface area contributed by atoms with Gasteiger partial charge in [0.15, 0.2) is 0 Å². The van der Waals surface area contributed by atoms with E-state index in [0.717, 1.165) is 0 Å². The fourth-order valence-corrected chi connectivity index (χ4v) is 1.61. The number of carboxylic acids is 1. The molecule has 0 aromatic carbocycles. The molecule has 7 nitrogen and oxygen atoms in total. The van der Waals surface area contributed by atoms with E-state index in [0.29, 0.717) is 18.0 Å². The normalized spacial score (nSPS) is 11.8. The second-order valence-electron chi connectivity index (χ2n) is 4.02. The van der Waals surface area contributed by atoms with E-state index in [9.17, 15) is 9.59 Å². The first kappa shape index (κ1) is 14.9. The molecule has 1 aromatic rings. The molecule has 1 atom stereocenters. The van der Waals surface area contributed by atoms with E-state index in [1.807, 2.05) is 0 Å². The largest absolute Gasteiger partial charge is 0.478 e. The first-order valence-corrected chi connectivity index (χ1v) is 5.88. The number of carbonyl (C=O) groups excluding carboxylic acids is 1. The summed E-state index contributed by atoms with van der Waals surface area (Å²) >= 11 is 0. The van der Waals surface area contributed by atoms with Crippen LogP contribution in [0.5, 0.6) is 0 Å². The van der Waals surface area contributed by atoms with E-state index in [2.05, 4.69) is 15.3 Å². The molecule has 0 amide bonds. The van der Waals surface area contributed by atoms with Gasteiger partial charge in [0, 0.05) is 0 Å². The lowest BCUT2D eigenvalue weighted by Crippen LogP contribution is -2.29. The minimum absolute atomic E-state index is 0.0781. The highest BCUT2D eigenvalue weighted by Gasteiger charge is 2.18. The van der Waals surface area contributed by atoms with Crippen LogP contribution in [0.4, 0.5) is 5.95 Å². The van der Waals surface area contributed by atoms with Gasteiger partial charge < -0.3 is 15.2 Å². The average Bonchev–Trinajstić information content (AvgIpc) is 2.27. The van der Waals surface area contributed by atoms with Crippen molar-refractivity contribution in [1.82, 2.24) is 9.97 Å². The third-order valence-corrected chi connectivity index (χ3v) is 2.47. The maximum absolute atomic E-state index is 11.5. The molecule has 1 heterocycles. The summed E-state index contributed by atoms with van der Waals surface area (Å²) in [6, 6.07) is -0.602. The van der Waals surface area contributed by atoms with Gasteiger partial charge in [0.2, 0.25) is 5.95 Å². The highest BCUT2D eigenvalue weighted by molar-refractivity contribution is 5.90. The number of esters is 1. The number of aromatic carboxylic acids is 1. The Bertz CT molecular complexity index is 479. The van der Waals surface area contributed by atoms with Crippen molar-refractivity contribution >= 4 is 17.9 Å². The number of carboxylic acid groups (broad SMARTS) is 1. The molecule has 0 unspecified atom stereocenters. The Kier molecular flexibility index (Phi) is 4.80. The van der Waals surface area contributed by atoms with Crippen LogP contribution in [-0.4, -0.2) is 39.7 Å². The molecular weight excluding hydrogens is 250 g/mol. The summed E-state index contributed by atoms with van der Waals surface area (Å²) in [5.41, 5.74) is 0.770. The van der Waals surface area contributed by atoms with E-state index in [-0.39, 0.29) is 11.5 Å². The molecule has 0 bridgehead atoms. The molecule has 1 aromatic heterocycles. The molecule has 2 N–H and O–H groups in total. The number of nitrogens with one attached hydrogen (secondary N) is 1. The second kappa shape index (κ2) is 6.12. The van der Waals surface area contributed by atoms with Gasteiger partial charge in [-0.15, -0.1) is 0 Å². The molecule has 1 rings (SSSR count). The van der Waals surface area contributed by atoms with E-state index in [1.165, 1.54) is 0 Å². The van der Waals surface area contributed by atoms with E-state index < -0.39 is 18.0 Å². The highest BCUT2D eigenvalue weighted by Crippen LogP contribution is 2.13. The highest BCUT2D eigenvalue weighted by atomic mass is 16.5. The molecule has 0 aliphatic heterocycles. The van der Waals surface area contributed by atoms with Gasteiger partial charge in [-0.3, -0.25) is 0 Å². The predicted octanol–water partition coefficient (Wildman–Crippen LogP) is 1.16. The van der Waals surface area contributed by atoms with Crippen LogP contribution in [0.25, 0.3) is 0 Å². The average molecular weight is 267 g/mol. The van der Waals surface area contributed by atoms with Crippen LogP contribution in [0, 0.1) is 13.8 Å². The van der Waals surface area contributed by atoms with Crippen LogP contribution in [0.3, 0.4) is 0 Å². The van der Waals surface area contributed by atoms with Crippen molar-refractivity contribution in [2.24, 2.45) is 0 Å². The Balaban J connectivity index is 2.92. The molecule has 0 fully saturated rings. The van der Waals surface area contributed by atoms with Crippen LogP contribution < -0.4 is 5.32 Å². The molecule has 0 spiro atoms. The van der Waals surface area contributed by atoms with Gasteiger partial charge in [0.1, 0.15) is 11.6 Å². The summed E-state index contributed by atoms with van der Waals surface area (Å²) in [4.78, 5) is 30.5. The Morgan fingerprint density at radius 2 is 1.84 bits per heavy atom. The molecule has 0 aliphatic rings. The Labute approximate surface area is 111 Å². The van der Waals surface area contributed by atoms with Gasteiger partial charge in [-0.1, -0.05) is 0 Å². The van der Waals surface area contributed by atoms with Crippen LogP contribution in [0.1, 0.15) is 35.6 Å². The van der Waals surface area contributed by atoms with Crippen LogP contribution in [-0.2, 0) is 9.53 Å². The Morgan fingerprint density at radius 3 is 2.26 bits per heavy atom. The number of aryl methyl sites for hydroxylation is 2. The fraction of sp³-hybridized carbons (Fsp3) is 0.500. The summed E-state index contributed by atoms with van der Waals surface area (Å²) in [5.74, 6) is -1.27. The molecule has 0 saturated carbocycles. The number of rotatable bonds is 5. The molecule has 0 saturated heterocycles. The molecule has 104 valence electrons. The SMILES string of the molecule is CCOC(=O)[C@@H](C)Nc1nc(C)c(C(=O)O)c(C)n1. The molecular formula is C12H17N3O4. The van der Waals surface area contributed by atoms with Crippen molar-refractivity contribution in [2.75, 3.05) is 11.9 Å². The van der Waals surface area contributed by atoms with Gasteiger partial charge >= 0.3 is 11.9 Å². The minimum Gasteiger partial charge on any atom is -0.478 e. The molecule has 7 heteroatoms. The molecule has 19 heavy (non-hydrogen) atoms. The predicted molar refractivity (Wildman–Crippen MR) is 68.2 cm³/mol. The summed E-state index contributed by atoms with van der Waals surface area (Å²) in [6.07, 6.45) is 0. The first-order valence-electron chi connectivity index (χ1n) is 5.88. The zero-order valence-corrected chi connectivity index (χ0v) is 11.4. The van der Waals surface area contributed by atoms with Gasteiger partial charge in [-0.05, 0) is 27.7 Å². The summed E-state index contributed by atoms with van der Waals surface area (Å²) in [7, 11) is 0. The monoisotopic (exact) mass is 267 g/mol. The summed E-state index contributed by atoms with van der Waals surface area (Å²) in [6.45, 7) is 6.80. The summed E-state index contributed by atoms with van der Waals surface area (Å²) in [5, 5.41) is 11.8. The number of carbonyl (C=O) groups is 2. The topological polar surface area (TPSA) is 101 Å². The Hall–Kier alpha value is -2.18. The maximum atomic E-state index is 11.5. The molecule has 0 radical (unpaired) electrons. The van der Waals surface area contributed by atoms with Gasteiger partial charge in [-0.2, -0.15) is 0 Å². The van der Waals surface area contributed by atoms with Crippen molar-refractivity contribution in [3.8, 4) is 0 Å². The fourth-order valence-electron chi connectivity index (χ4n) is 1.61. The van der Waals surface area contributed by atoms with Crippen LogP contribution in [0.2, 0.25) is 0 Å². The van der Waals surface area contributed by atoms with Crippen molar-refractivity contribution in [3.05, 3.63) is 17.0 Å². The van der Waals surface area contributed by atoms with Crippen LogP contribution >= 0.6 is 0 Å². The van der Waals surface area contributed by atoms with Gasteiger partial charge in [-0.25, -0.2) is 19.6 Å². The number of hydrogen-bond donors (Lipinski definition) is 2. The molecule has 0 aliphatic carbocycles. The van der Waals surface area contributed by atoms with Crippen molar-refractivity contribution in [2.45, 2.75) is 33.7 Å². The van der Waals surface area contributed by atoms with Crippen molar-refractivity contribution in [1.29, 1.82) is 0 Å². The standard InChI is InChI=1S/C12H17N3O4/c1-5-19-11(18)8(4)15-12-13-6(2)9(10(16)17)7(3)14-12/h8H,5H2,1-4H3,(H,16,17)(H,13,14,15)/t8-/m1/s1. The summed E-state index contributed by atoms with van der Waals surface area (Å²) < 4.78 is 4.85. The number of aromatic nitrogens is 2. The third kappa shape index (κ3) is 3.64. The lowest BCUT2D eigenvalue weighted by molar-refractivity contribution is -0.143. The number of hydrogen-bond acceptors (Lipinski definition) is 6. The van der Waals surface area contributed by atoms with Crippen molar-refractivity contribution < 1.29 is 19.4 Å². The second-order valence-corrected chi connectivity index (χ2v) is 4.02. The smallest absolute Gasteiger partial charge is 0.339 e. The number of anilines is 1. The maximum Gasteiger partial charge on any atom is 0.339 e. The third-order valence-electron chi connectivity index (χ3n) is 2.47. The van der Waals surface area contributed by atoms with E-state index in [4.69, 9.17) is 9.84 Å². The number of ether oxygens (including phenoxy) is 1. The quantitative estimate of drug-likeness (QED) is 0.771. The lowest BCUT2D eigenvalue weighted by atomic mass is 10.2. The first-order chi connectivity index (χ1) is 8.86.